The molecule has 2 N–H and O–H groups in total. The van der Waals surface area contributed by atoms with Gasteiger partial charge in [0.1, 0.15) is 12.4 Å². The van der Waals surface area contributed by atoms with E-state index >= 15 is 0 Å². The molecule has 1 aliphatic heterocycles. The lowest BCUT2D eigenvalue weighted by molar-refractivity contribution is -0.148. The molecular weight excluding hydrogens is 462 g/mol. The van der Waals surface area contributed by atoms with E-state index in [0.717, 1.165) is 24.9 Å². The maximum absolute atomic E-state index is 13.6. The van der Waals surface area contributed by atoms with Crippen molar-refractivity contribution in [3.8, 4) is 5.75 Å². The second kappa shape index (κ2) is 10.4. The third kappa shape index (κ3) is 5.83. The lowest BCUT2D eigenvalue weighted by Gasteiger charge is -2.34. The van der Waals surface area contributed by atoms with Crippen LogP contribution in [0.1, 0.15) is 33.1 Å². The van der Waals surface area contributed by atoms with Crippen LogP contribution in [0.15, 0.2) is 52.3 Å². The molecule has 0 saturated carbocycles. The van der Waals surface area contributed by atoms with Gasteiger partial charge >= 0.3 is 5.97 Å². The second-order valence-electron chi connectivity index (χ2n) is 8.73. The molecule has 0 saturated heterocycles. The maximum Gasteiger partial charge on any atom is 0.336 e. The van der Waals surface area contributed by atoms with Crippen molar-refractivity contribution in [1.82, 2.24) is 0 Å². The van der Waals surface area contributed by atoms with Crippen LogP contribution in [-0.4, -0.2) is 55.9 Å². The molecule has 2 atom stereocenters. The Morgan fingerprint density at radius 3 is 2.58 bits per heavy atom. The largest absolute Gasteiger partial charge is 0.489 e. The number of benzene rings is 2. The zero-order valence-corrected chi connectivity index (χ0v) is 20.8. The van der Waals surface area contributed by atoms with Gasteiger partial charge in [-0.15, -0.1) is 11.8 Å². The molecular formula is C24H31NO6S2. The number of carboxylic acid groups (broad SMARTS) is 1. The quantitative estimate of drug-likeness (QED) is 0.497. The third-order valence-corrected chi connectivity index (χ3v) is 8.67. The predicted molar refractivity (Wildman–Crippen MR) is 130 cm³/mol. The molecule has 0 fully saturated rings. The highest BCUT2D eigenvalue weighted by atomic mass is 32.2. The Morgan fingerprint density at radius 2 is 1.97 bits per heavy atom. The number of ether oxygens (including phenoxy) is 1. The number of sulfone groups is 1. The SMILES string of the molecule is CCCC[C@@]1(C)CN(c2ccccc2)c2cc(SC)c(OC[C@@H](O)C(=O)O)cc2S(=O)(=O)C1. The summed E-state index contributed by atoms with van der Waals surface area (Å²) in [5.74, 6) is -1.15. The molecule has 0 bridgehead atoms. The summed E-state index contributed by atoms with van der Waals surface area (Å²) in [7, 11) is -3.67. The maximum atomic E-state index is 13.6. The van der Waals surface area contributed by atoms with E-state index in [1.165, 1.54) is 17.8 Å². The first-order chi connectivity index (χ1) is 15.6. The number of unbranched alkanes of at least 4 members (excludes halogenated alkanes) is 1. The molecule has 180 valence electrons. The van der Waals surface area contributed by atoms with Crippen molar-refractivity contribution in [2.75, 3.05) is 30.1 Å². The van der Waals surface area contributed by atoms with Crippen molar-refractivity contribution in [3.05, 3.63) is 42.5 Å². The summed E-state index contributed by atoms with van der Waals surface area (Å²) in [5, 5.41) is 18.6. The molecule has 1 aliphatic rings. The monoisotopic (exact) mass is 493 g/mol. The predicted octanol–water partition coefficient (Wildman–Crippen LogP) is 4.35. The smallest absolute Gasteiger partial charge is 0.336 e. The molecule has 0 aromatic heterocycles. The molecule has 0 spiro atoms. The number of aliphatic hydroxyl groups is 1. The summed E-state index contributed by atoms with van der Waals surface area (Å²) in [6.07, 6.45) is 2.83. The Labute approximate surface area is 199 Å². The second-order valence-corrected chi connectivity index (χ2v) is 11.5. The number of rotatable bonds is 9. The summed E-state index contributed by atoms with van der Waals surface area (Å²) in [6, 6.07) is 13.0. The van der Waals surface area contributed by atoms with Gasteiger partial charge in [-0.2, -0.15) is 0 Å². The molecule has 9 heteroatoms. The van der Waals surface area contributed by atoms with Gasteiger partial charge in [-0.25, -0.2) is 13.2 Å². The Hall–Kier alpha value is -2.23. The Morgan fingerprint density at radius 1 is 1.27 bits per heavy atom. The first-order valence-electron chi connectivity index (χ1n) is 10.9. The zero-order chi connectivity index (χ0) is 24.2. The number of hydrogen-bond acceptors (Lipinski definition) is 7. The fourth-order valence-corrected chi connectivity index (χ4v) is 6.78. The number of aliphatic carboxylic acids is 1. The summed E-state index contributed by atoms with van der Waals surface area (Å²) < 4.78 is 32.8. The van der Waals surface area contributed by atoms with Crippen molar-refractivity contribution in [2.24, 2.45) is 5.41 Å². The van der Waals surface area contributed by atoms with E-state index in [9.17, 15) is 18.3 Å². The van der Waals surface area contributed by atoms with Crippen LogP contribution in [0.4, 0.5) is 11.4 Å². The first kappa shape index (κ1) is 25.4. The number of hydrogen-bond donors (Lipinski definition) is 2. The van der Waals surface area contributed by atoms with E-state index in [-0.39, 0.29) is 16.4 Å². The van der Waals surface area contributed by atoms with Crippen LogP contribution < -0.4 is 9.64 Å². The van der Waals surface area contributed by atoms with Crippen LogP contribution in [0.2, 0.25) is 0 Å². The Bertz CT molecular complexity index is 1090. The Kier molecular flexibility index (Phi) is 7.97. The number of para-hydroxylation sites is 1. The van der Waals surface area contributed by atoms with Gasteiger partial charge in [0.2, 0.25) is 0 Å². The average Bonchev–Trinajstić information content (AvgIpc) is 2.87. The average molecular weight is 494 g/mol. The van der Waals surface area contributed by atoms with Gasteiger partial charge < -0.3 is 19.8 Å². The summed E-state index contributed by atoms with van der Waals surface area (Å²) in [6.45, 7) is 4.20. The van der Waals surface area contributed by atoms with Gasteiger partial charge in [-0.3, -0.25) is 0 Å². The summed E-state index contributed by atoms with van der Waals surface area (Å²) in [5.41, 5.74) is 1.03. The van der Waals surface area contributed by atoms with Gasteiger partial charge in [0.15, 0.2) is 15.9 Å². The zero-order valence-electron chi connectivity index (χ0n) is 19.2. The van der Waals surface area contributed by atoms with Crippen LogP contribution in [-0.2, 0) is 14.6 Å². The number of carboxylic acids is 1. The van der Waals surface area contributed by atoms with E-state index in [1.807, 2.05) is 43.5 Å². The van der Waals surface area contributed by atoms with Gasteiger partial charge in [0, 0.05) is 18.3 Å². The van der Waals surface area contributed by atoms with Gasteiger partial charge in [-0.1, -0.05) is 44.9 Å². The van der Waals surface area contributed by atoms with Gasteiger partial charge in [0.05, 0.1) is 21.2 Å². The molecule has 7 nitrogen and oxygen atoms in total. The van der Waals surface area contributed by atoms with E-state index in [0.29, 0.717) is 17.1 Å². The summed E-state index contributed by atoms with van der Waals surface area (Å²) >= 11 is 1.37. The van der Waals surface area contributed by atoms with Crippen LogP contribution in [0.5, 0.6) is 5.75 Å². The highest BCUT2D eigenvalue weighted by molar-refractivity contribution is 7.98. The molecule has 33 heavy (non-hydrogen) atoms. The minimum atomic E-state index is -3.67. The fraction of sp³-hybridized carbons (Fsp3) is 0.458. The molecule has 0 unspecified atom stereocenters. The van der Waals surface area contributed by atoms with Crippen LogP contribution >= 0.6 is 11.8 Å². The lowest BCUT2D eigenvalue weighted by Crippen LogP contribution is -2.35. The van der Waals surface area contributed by atoms with Crippen LogP contribution in [0.25, 0.3) is 0 Å². The number of fused-ring (bicyclic) bond motifs is 1. The number of aliphatic hydroxyl groups excluding tert-OH is 1. The van der Waals surface area contributed by atoms with Crippen molar-refractivity contribution in [3.63, 3.8) is 0 Å². The molecule has 0 radical (unpaired) electrons. The highest BCUT2D eigenvalue weighted by Crippen LogP contribution is 2.46. The van der Waals surface area contributed by atoms with Crippen molar-refractivity contribution in [1.29, 1.82) is 0 Å². The number of carbonyl (C=O) groups is 1. The molecule has 2 aromatic rings. The Balaban J connectivity index is 2.16. The highest BCUT2D eigenvalue weighted by Gasteiger charge is 2.40. The molecule has 0 amide bonds. The molecule has 3 rings (SSSR count). The van der Waals surface area contributed by atoms with Gasteiger partial charge in [0.25, 0.3) is 0 Å². The topological polar surface area (TPSA) is 104 Å². The minimum Gasteiger partial charge on any atom is -0.489 e. The number of nitrogens with zero attached hydrogens (tertiary/aromatic N) is 1. The van der Waals surface area contributed by atoms with Crippen LogP contribution in [0.3, 0.4) is 0 Å². The van der Waals surface area contributed by atoms with E-state index in [2.05, 4.69) is 11.8 Å². The standard InChI is InChI=1S/C24H31NO6S2/c1-4-5-11-24(2)15-25(17-9-7-6-8-10-17)18-12-21(32-3)20(31-14-19(26)23(27)28)13-22(18)33(29,30)16-24/h6-10,12-13,19,26H,4-5,11,14-16H2,1-3H3,(H,27,28)/t19-,24+/m1/s1. The fourth-order valence-electron chi connectivity index (χ4n) is 4.15. The third-order valence-electron chi connectivity index (χ3n) is 5.83. The number of anilines is 2. The molecule has 2 aromatic carbocycles. The first-order valence-corrected chi connectivity index (χ1v) is 13.8. The minimum absolute atomic E-state index is 0.00609. The van der Waals surface area contributed by atoms with Crippen molar-refractivity contribution in [2.45, 2.75) is 49.0 Å². The normalized spacial score (nSPS) is 20.5. The van der Waals surface area contributed by atoms with E-state index in [1.54, 1.807) is 6.07 Å². The lowest BCUT2D eigenvalue weighted by atomic mass is 9.86. The van der Waals surface area contributed by atoms with Crippen molar-refractivity contribution >= 4 is 38.9 Å². The summed E-state index contributed by atoms with van der Waals surface area (Å²) in [4.78, 5) is 13.9. The number of thioether (sulfide) groups is 1. The van der Waals surface area contributed by atoms with Crippen LogP contribution in [0, 0.1) is 5.41 Å². The van der Waals surface area contributed by atoms with E-state index in [4.69, 9.17) is 9.84 Å². The molecule has 0 aliphatic carbocycles. The van der Waals surface area contributed by atoms with E-state index < -0.39 is 33.9 Å². The van der Waals surface area contributed by atoms with Gasteiger partial charge in [-0.05, 0) is 36.3 Å². The van der Waals surface area contributed by atoms with Crippen molar-refractivity contribution < 1.29 is 28.2 Å². The molecule has 1 heterocycles.